The van der Waals surface area contributed by atoms with Gasteiger partial charge >= 0.3 is 0 Å². The molecule has 4 aliphatic rings. The number of piperidine rings is 2. The number of carbonyl (C=O) groups is 1. The van der Waals surface area contributed by atoms with Crippen molar-refractivity contribution < 1.29 is 24.3 Å². The number of benzene rings is 1. The van der Waals surface area contributed by atoms with E-state index >= 15 is 0 Å². The Morgan fingerprint density at radius 1 is 1.10 bits per heavy atom. The fourth-order valence-electron chi connectivity index (χ4n) is 6.08. The highest BCUT2D eigenvalue weighted by Gasteiger charge is 2.52. The first-order chi connectivity index (χ1) is 14.1. The van der Waals surface area contributed by atoms with Crippen LogP contribution in [0.4, 0.5) is 0 Å². The van der Waals surface area contributed by atoms with Crippen LogP contribution in [0.25, 0.3) is 0 Å². The quantitative estimate of drug-likeness (QED) is 0.809. The lowest BCUT2D eigenvalue weighted by Crippen LogP contribution is -3.16. The number of aliphatic hydroxyl groups is 1. The summed E-state index contributed by atoms with van der Waals surface area (Å²) in [4.78, 5) is 16.4. The smallest absolute Gasteiger partial charge is 0.277 e. The Balaban J connectivity index is 1.43. The number of nitrogens with one attached hydrogen (secondary N) is 1. The summed E-state index contributed by atoms with van der Waals surface area (Å²) in [6, 6.07) is 6.30. The Kier molecular flexibility index (Phi) is 5.16. The first-order valence-corrected chi connectivity index (χ1v) is 11.4. The van der Waals surface area contributed by atoms with E-state index in [1.165, 1.54) is 16.9 Å². The van der Waals surface area contributed by atoms with Gasteiger partial charge in [0.05, 0.1) is 12.1 Å². The van der Waals surface area contributed by atoms with Gasteiger partial charge in [-0.2, -0.15) is 0 Å². The summed E-state index contributed by atoms with van der Waals surface area (Å²) >= 11 is 0. The van der Waals surface area contributed by atoms with Gasteiger partial charge in [-0.3, -0.25) is 4.79 Å². The lowest BCUT2D eigenvalue weighted by molar-refractivity contribution is -0.938. The summed E-state index contributed by atoms with van der Waals surface area (Å²) < 4.78 is 11.1. The number of fused-ring (bicyclic) bond motifs is 2. The fraction of sp³-hybridized carbons (Fsp3) is 0.696. The van der Waals surface area contributed by atoms with Crippen molar-refractivity contribution in [2.24, 2.45) is 5.92 Å². The summed E-state index contributed by atoms with van der Waals surface area (Å²) in [7, 11) is 0. The summed E-state index contributed by atoms with van der Waals surface area (Å²) in [6.45, 7) is 3.42. The average Bonchev–Trinajstić information content (AvgIpc) is 3.22. The normalized spacial score (nSPS) is 34.0. The van der Waals surface area contributed by atoms with Gasteiger partial charge in [-0.05, 0) is 50.3 Å². The van der Waals surface area contributed by atoms with E-state index in [2.05, 4.69) is 17.0 Å². The Labute approximate surface area is 172 Å². The highest BCUT2D eigenvalue weighted by molar-refractivity contribution is 5.77. The van der Waals surface area contributed by atoms with Crippen molar-refractivity contribution in [3.8, 4) is 11.5 Å². The molecule has 6 nitrogen and oxygen atoms in total. The van der Waals surface area contributed by atoms with E-state index in [1.807, 2.05) is 6.07 Å². The number of nitrogens with zero attached hydrogens (tertiary/aromatic N) is 1. The van der Waals surface area contributed by atoms with Crippen LogP contribution in [0, 0.1) is 5.92 Å². The Bertz CT molecular complexity index is 763. The maximum Gasteiger partial charge on any atom is 0.277 e. The fourth-order valence-corrected chi connectivity index (χ4v) is 6.08. The third kappa shape index (κ3) is 3.61. The van der Waals surface area contributed by atoms with Gasteiger partial charge in [0.15, 0.2) is 18.0 Å². The molecule has 3 heterocycles. The van der Waals surface area contributed by atoms with E-state index in [0.717, 1.165) is 76.1 Å². The van der Waals surface area contributed by atoms with Crippen molar-refractivity contribution in [1.82, 2.24) is 4.90 Å². The van der Waals surface area contributed by atoms with Crippen LogP contribution in [-0.4, -0.2) is 54.5 Å². The van der Waals surface area contributed by atoms with Gasteiger partial charge in [-0.25, -0.2) is 0 Å². The maximum absolute atomic E-state index is 13.1. The van der Waals surface area contributed by atoms with Crippen molar-refractivity contribution in [2.75, 3.05) is 33.0 Å². The molecule has 2 N–H and O–H groups in total. The number of amides is 1. The molecular formula is C23H33N2O4+. The molecular weight excluding hydrogens is 368 g/mol. The highest BCUT2D eigenvalue weighted by atomic mass is 16.7. The van der Waals surface area contributed by atoms with Gasteiger partial charge in [0.2, 0.25) is 6.79 Å². The molecule has 29 heavy (non-hydrogen) atoms. The number of likely N-dealkylation sites (tertiary alicyclic amines) is 2. The standard InChI is InChI=1S/C23H32N2O4/c26-21(24-11-4-1-5-12-24)15-25-13-10-23(27)9-3-2-6-18(23)22(25)17-7-8-19-20(14-17)29-16-28-19/h7-8,14,18,22,27H,1-6,9-13,15-16H2/p+1/t18-,22+,23-/m0/s1. The second kappa shape index (κ2) is 7.80. The molecule has 1 saturated carbocycles. The minimum atomic E-state index is -0.600. The van der Waals surface area contributed by atoms with Crippen molar-refractivity contribution >= 4 is 5.91 Å². The summed E-state index contributed by atoms with van der Waals surface area (Å²) in [5.74, 6) is 2.03. The van der Waals surface area contributed by atoms with Crippen molar-refractivity contribution in [2.45, 2.75) is 63.0 Å². The third-order valence-corrected chi connectivity index (χ3v) is 7.63. The summed E-state index contributed by atoms with van der Waals surface area (Å²) in [5.41, 5.74) is 0.567. The number of carbonyl (C=O) groups excluding carboxylic acids is 1. The van der Waals surface area contributed by atoms with Crippen LogP contribution < -0.4 is 14.4 Å². The molecule has 158 valence electrons. The zero-order chi connectivity index (χ0) is 19.8. The average molecular weight is 402 g/mol. The number of rotatable bonds is 3. The molecule has 0 bridgehead atoms. The Morgan fingerprint density at radius 2 is 1.93 bits per heavy atom. The van der Waals surface area contributed by atoms with Gasteiger partial charge in [-0.15, -0.1) is 0 Å². The number of hydrogen-bond donors (Lipinski definition) is 2. The second-order valence-electron chi connectivity index (χ2n) is 9.32. The number of quaternary nitrogens is 1. The zero-order valence-corrected chi connectivity index (χ0v) is 17.2. The minimum Gasteiger partial charge on any atom is -0.454 e. The molecule has 1 amide bonds. The molecule has 1 aliphatic carbocycles. The molecule has 1 aromatic carbocycles. The number of ether oxygens (including phenoxy) is 2. The monoisotopic (exact) mass is 401 g/mol. The molecule has 5 rings (SSSR count). The molecule has 6 heteroatoms. The van der Waals surface area contributed by atoms with E-state index in [9.17, 15) is 9.90 Å². The minimum absolute atomic E-state index is 0.122. The highest BCUT2D eigenvalue weighted by Crippen LogP contribution is 2.45. The molecule has 3 aliphatic heterocycles. The van der Waals surface area contributed by atoms with Crippen molar-refractivity contribution in [3.63, 3.8) is 0 Å². The molecule has 0 spiro atoms. The largest absolute Gasteiger partial charge is 0.454 e. The summed E-state index contributed by atoms with van der Waals surface area (Å²) in [5, 5.41) is 11.5. The van der Waals surface area contributed by atoms with Gasteiger partial charge < -0.3 is 24.4 Å². The first-order valence-electron chi connectivity index (χ1n) is 11.4. The van der Waals surface area contributed by atoms with Crippen molar-refractivity contribution in [1.29, 1.82) is 0 Å². The molecule has 0 aromatic heterocycles. The van der Waals surface area contributed by atoms with Crippen molar-refractivity contribution in [3.05, 3.63) is 23.8 Å². The Morgan fingerprint density at radius 3 is 2.79 bits per heavy atom. The van der Waals surface area contributed by atoms with Gasteiger partial charge in [0, 0.05) is 31.0 Å². The van der Waals surface area contributed by atoms with Crippen LogP contribution in [-0.2, 0) is 4.79 Å². The predicted molar refractivity (Wildman–Crippen MR) is 108 cm³/mol. The topological polar surface area (TPSA) is 63.4 Å². The zero-order valence-electron chi connectivity index (χ0n) is 17.2. The van der Waals surface area contributed by atoms with Crippen LogP contribution in [0.5, 0.6) is 11.5 Å². The first kappa shape index (κ1) is 19.2. The van der Waals surface area contributed by atoms with E-state index < -0.39 is 5.60 Å². The van der Waals surface area contributed by atoms with Gasteiger partial charge in [0.25, 0.3) is 5.91 Å². The second-order valence-corrected chi connectivity index (χ2v) is 9.32. The van der Waals surface area contributed by atoms with Crippen LogP contribution >= 0.6 is 0 Å². The van der Waals surface area contributed by atoms with Crippen LogP contribution in [0.1, 0.15) is 63.0 Å². The van der Waals surface area contributed by atoms with E-state index in [0.29, 0.717) is 6.54 Å². The van der Waals surface area contributed by atoms with Crippen LogP contribution in [0.15, 0.2) is 18.2 Å². The molecule has 1 unspecified atom stereocenters. The van der Waals surface area contributed by atoms with Gasteiger partial charge in [-0.1, -0.05) is 12.8 Å². The molecule has 3 fully saturated rings. The SMILES string of the molecule is O=C(C[NH+]1CC[C@@]2(O)CCCC[C@H]2[C@H]1c1ccc2c(c1)OCO2)N1CCCCC1. The van der Waals surface area contributed by atoms with E-state index in [1.54, 1.807) is 0 Å². The van der Waals surface area contributed by atoms with Crippen LogP contribution in [0.3, 0.4) is 0 Å². The third-order valence-electron chi connectivity index (χ3n) is 7.63. The Hall–Kier alpha value is -1.79. The molecule has 2 saturated heterocycles. The lowest BCUT2D eigenvalue weighted by Gasteiger charge is -2.50. The molecule has 4 atom stereocenters. The van der Waals surface area contributed by atoms with E-state index in [-0.39, 0.29) is 24.7 Å². The van der Waals surface area contributed by atoms with E-state index in [4.69, 9.17) is 9.47 Å². The lowest BCUT2D eigenvalue weighted by atomic mass is 9.66. The summed E-state index contributed by atoms with van der Waals surface area (Å²) in [6.07, 6.45) is 8.42. The number of hydrogen-bond acceptors (Lipinski definition) is 4. The predicted octanol–water partition coefficient (Wildman–Crippen LogP) is 1.68. The van der Waals surface area contributed by atoms with Gasteiger partial charge in [0.1, 0.15) is 6.04 Å². The molecule has 0 radical (unpaired) electrons. The molecule has 1 aromatic rings. The van der Waals surface area contributed by atoms with Crippen LogP contribution in [0.2, 0.25) is 0 Å². The maximum atomic E-state index is 13.1.